The van der Waals surface area contributed by atoms with Crippen molar-refractivity contribution in [1.29, 1.82) is 0 Å². The van der Waals surface area contributed by atoms with Crippen LogP contribution in [-0.4, -0.2) is 22.5 Å². The van der Waals surface area contributed by atoms with Gasteiger partial charge < -0.3 is 9.72 Å². The third-order valence-electron chi connectivity index (χ3n) is 2.20. The number of aromatic nitrogens is 2. The Morgan fingerprint density at radius 1 is 1.41 bits per heavy atom. The van der Waals surface area contributed by atoms with Crippen LogP contribution in [0.1, 0.15) is 17.5 Å². The highest BCUT2D eigenvalue weighted by Gasteiger charge is 2.11. The summed E-state index contributed by atoms with van der Waals surface area (Å²) >= 11 is 3.37. The van der Waals surface area contributed by atoms with Gasteiger partial charge in [-0.05, 0) is 24.6 Å². The largest absolute Gasteiger partial charge is 0.460 e. The van der Waals surface area contributed by atoms with E-state index in [0.29, 0.717) is 6.61 Å². The summed E-state index contributed by atoms with van der Waals surface area (Å²) in [6, 6.07) is 7.74. The third kappa shape index (κ3) is 2.74. The number of carbonyl (C=O) groups excluding carboxylic acids is 1. The van der Waals surface area contributed by atoms with Crippen LogP contribution >= 0.6 is 15.9 Å². The molecule has 0 saturated heterocycles. The van der Waals surface area contributed by atoms with Crippen molar-refractivity contribution in [3.63, 3.8) is 0 Å². The van der Waals surface area contributed by atoms with E-state index in [2.05, 4.69) is 25.9 Å². The first-order valence-electron chi connectivity index (χ1n) is 5.18. The smallest absolute Gasteiger partial charge is 0.374 e. The van der Waals surface area contributed by atoms with E-state index in [0.717, 1.165) is 15.7 Å². The molecule has 0 aliphatic carbocycles. The van der Waals surface area contributed by atoms with Gasteiger partial charge in [-0.15, -0.1) is 0 Å². The number of halogens is 1. The fraction of sp³-hybridized carbons (Fsp3) is 0.167. The van der Waals surface area contributed by atoms with Gasteiger partial charge >= 0.3 is 5.97 Å². The van der Waals surface area contributed by atoms with Crippen LogP contribution in [0.4, 0.5) is 0 Å². The summed E-state index contributed by atoms with van der Waals surface area (Å²) in [6.45, 7) is 2.10. The molecule has 2 aromatic rings. The highest BCUT2D eigenvalue weighted by molar-refractivity contribution is 9.10. The fourth-order valence-electron chi connectivity index (χ4n) is 1.40. The standard InChI is InChI=1S/C12H11BrN2O2/c1-2-17-12(16)11-14-7-10(15-11)8-3-5-9(13)6-4-8/h3-7H,2H2,1H3,(H,14,15). The van der Waals surface area contributed by atoms with Crippen molar-refractivity contribution in [2.24, 2.45) is 0 Å². The zero-order chi connectivity index (χ0) is 12.3. The zero-order valence-corrected chi connectivity index (χ0v) is 10.8. The molecule has 4 nitrogen and oxygen atoms in total. The van der Waals surface area contributed by atoms with E-state index in [-0.39, 0.29) is 5.82 Å². The van der Waals surface area contributed by atoms with Crippen LogP contribution in [0.25, 0.3) is 11.3 Å². The van der Waals surface area contributed by atoms with Gasteiger partial charge in [-0.2, -0.15) is 0 Å². The van der Waals surface area contributed by atoms with E-state index in [9.17, 15) is 4.79 Å². The van der Waals surface area contributed by atoms with Crippen LogP contribution in [0, 0.1) is 0 Å². The van der Waals surface area contributed by atoms with E-state index in [1.165, 1.54) is 0 Å². The summed E-state index contributed by atoms with van der Waals surface area (Å²) in [7, 11) is 0. The minimum Gasteiger partial charge on any atom is -0.460 e. The Hall–Kier alpha value is -1.62. The quantitative estimate of drug-likeness (QED) is 0.886. The van der Waals surface area contributed by atoms with Gasteiger partial charge in [-0.1, -0.05) is 28.1 Å². The topological polar surface area (TPSA) is 55.0 Å². The van der Waals surface area contributed by atoms with Crippen LogP contribution in [-0.2, 0) is 4.74 Å². The summed E-state index contributed by atoms with van der Waals surface area (Å²) in [6.07, 6.45) is 1.62. The number of hydrogen-bond acceptors (Lipinski definition) is 3. The lowest BCUT2D eigenvalue weighted by molar-refractivity contribution is 0.0513. The molecule has 0 aliphatic heterocycles. The maximum Gasteiger partial charge on any atom is 0.374 e. The Morgan fingerprint density at radius 3 is 2.76 bits per heavy atom. The Morgan fingerprint density at radius 2 is 2.12 bits per heavy atom. The van der Waals surface area contributed by atoms with E-state index in [1.807, 2.05) is 24.3 Å². The van der Waals surface area contributed by atoms with E-state index in [4.69, 9.17) is 4.74 Å². The molecule has 5 heteroatoms. The van der Waals surface area contributed by atoms with Crippen LogP contribution < -0.4 is 0 Å². The maximum atomic E-state index is 11.4. The van der Waals surface area contributed by atoms with E-state index in [1.54, 1.807) is 13.1 Å². The minimum absolute atomic E-state index is 0.227. The van der Waals surface area contributed by atoms with Gasteiger partial charge in [0.15, 0.2) is 0 Å². The van der Waals surface area contributed by atoms with Crippen molar-refractivity contribution in [3.05, 3.63) is 40.8 Å². The van der Waals surface area contributed by atoms with Crippen molar-refractivity contribution in [1.82, 2.24) is 9.97 Å². The summed E-state index contributed by atoms with van der Waals surface area (Å²) in [5.41, 5.74) is 1.76. The van der Waals surface area contributed by atoms with Crippen LogP contribution in [0.15, 0.2) is 34.9 Å². The summed E-state index contributed by atoms with van der Waals surface area (Å²) in [5, 5.41) is 0. The number of esters is 1. The van der Waals surface area contributed by atoms with Crippen LogP contribution in [0.3, 0.4) is 0 Å². The number of benzene rings is 1. The molecule has 0 fully saturated rings. The second kappa shape index (κ2) is 5.14. The molecule has 88 valence electrons. The molecular weight excluding hydrogens is 284 g/mol. The number of aromatic amines is 1. The summed E-state index contributed by atoms with van der Waals surface area (Å²) in [5.74, 6) is -0.208. The Kier molecular flexibility index (Phi) is 3.58. The number of ether oxygens (including phenoxy) is 1. The second-order valence-electron chi connectivity index (χ2n) is 3.37. The van der Waals surface area contributed by atoms with E-state index < -0.39 is 5.97 Å². The van der Waals surface area contributed by atoms with Gasteiger partial charge in [-0.3, -0.25) is 0 Å². The Bertz CT molecular complexity index is 520. The fourth-order valence-corrected chi connectivity index (χ4v) is 1.66. The lowest BCUT2D eigenvalue weighted by Gasteiger charge is -1.98. The molecule has 0 aliphatic rings. The van der Waals surface area contributed by atoms with Crippen molar-refractivity contribution >= 4 is 21.9 Å². The molecule has 0 spiro atoms. The number of imidazole rings is 1. The molecule has 1 N–H and O–H groups in total. The number of carbonyl (C=O) groups is 1. The van der Waals surface area contributed by atoms with Gasteiger partial charge in [0.05, 0.1) is 18.5 Å². The summed E-state index contributed by atoms with van der Waals surface area (Å²) < 4.78 is 5.86. The normalized spacial score (nSPS) is 10.2. The third-order valence-corrected chi connectivity index (χ3v) is 2.73. The van der Waals surface area contributed by atoms with Crippen LogP contribution in [0.2, 0.25) is 0 Å². The number of nitrogens with one attached hydrogen (secondary N) is 1. The molecule has 0 unspecified atom stereocenters. The first-order chi connectivity index (χ1) is 8.20. The van der Waals surface area contributed by atoms with Gasteiger partial charge in [-0.25, -0.2) is 9.78 Å². The monoisotopic (exact) mass is 294 g/mol. The molecule has 1 heterocycles. The van der Waals surface area contributed by atoms with Crippen LogP contribution in [0.5, 0.6) is 0 Å². The van der Waals surface area contributed by atoms with Crippen molar-refractivity contribution in [3.8, 4) is 11.3 Å². The average molecular weight is 295 g/mol. The predicted molar refractivity (Wildman–Crippen MR) is 67.7 cm³/mol. The van der Waals surface area contributed by atoms with E-state index >= 15 is 0 Å². The second-order valence-corrected chi connectivity index (χ2v) is 4.29. The molecule has 0 amide bonds. The molecule has 0 saturated carbocycles. The molecule has 0 atom stereocenters. The maximum absolute atomic E-state index is 11.4. The average Bonchev–Trinajstić information content (AvgIpc) is 2.80. The van der Waals surface area contributed by atoms with Gasteiger partial charge in [0.1, 0.15) is 0 Å². The molecule has 0 bridgehead atoms. The highest BCUT2D eigenvalue weighted by atomic mass is 79.9. The lowest BCUT2D eigenvalue weighted by atomic mass is 10.2. The highest BCUT2D eigenvalue weighted by Crippen LogP contribution is 2.20. The summed E-state index contributed by atoms with van der Waals surface area (Å²) in [4.78, 5) is 18.3. The number of H-pyrrole nitrogens is 1. The predicted octanol–water partition coefficient (Wildman–Crippen LogP) is 3.02. The number of nitrogens with zero attached hydrogens (tertiary/aromatic N) is 1. The minimum atomic E-state index is -0.434. The lowest BCUT2D eigenvalue weighted by Crippen LogP contribution is -2.06. The van der Waals surface area contributed by atoms with Crippen molar-refractivity contribution in [2.75, 3.05) is 6.61 Å². The SMILES string of the molecule is CCOC(=O)c1ncc(-c2ccc(Br)cc2)[nH]1. The number of hydrogen-bond donors (Lipinski definition) is 1. The first-order valence-corrected chi connectivity index (χ1v) is 5.98. The molecule has 0 radical (unpaired) electrons. The van der Waals surface area contributed by atoms with Gasteiger partial charge in [0.2, 0.25) is 5.82 Å². The zero-order valence-electron chi connectivity index (χ0n) is 9.24. The van der Waals surface area contributed by atoms with Gasteiger partial charge in [0.25, 0.3) is 0 Å². The first kappa shape index (κ1) is 11.9. The molecule has 1 aromatic carbocycles. The molecular formula is C12H11BrN2O2. The molecule has 17 heavy (non-hydrogen) atoms. The molecule has 2 rings (SSSR count). The number of rotatable bonds is 3. The Balaban J connectivity index is 2.23. The Labute approximate surface area is 107 Å². The van der Waals surface area contributed by atoms with Gasteiger partial charge in [0, 0.05) is 4.47 Å². The van der Waals surface area contributed by atoms with Crippen molar-refractivity contribution in [2.45, 2.75) is 6.92 Å². The van der Waals surface area contributed by atoms with Crippen molar-refractivity contribution < 1.29 is 9.53 Å². The molecule has 1 aromatic heterocycles.